The van der Waals surface area contributed by atoms with Crippen LogP contribution in [-0.4, -0.2) is 6.54 Å². The molecule has 0 bridgehead atoms. The molecule has 3 rings (SSSR count). The molecular weight excluding hydrogens is 201 g/mol. The van der Waals surface area contributed by atoms with Crippen molar-refractivity contribution in [1.82, 2.24) is 5.32 Å². The lowest BCUT2D eigenvalue weighted by Gasteiger charge is -2.27. The average molecular weight is 219 g/mol. The summed E-state index contributed by atoms with van der Waals surface area (Å²) < 4.78 is 13.5. The molecule has 1 aromatic carbocycles. The predicted molar refractivity (Wildman–Crippen MR) is 62.8 cm³/mol. The molecule has 1 unspecified atom stereocenters. The Morgan fingerprint density at radius 3 is 2.88 bits per heavy atom. The minimum Gasteiger partial charge on any atom is -0.310 e. The van der Waals surface area contributed by atoms with Gasteiger partial charge in [-0.1, -0.05) is 18.6 Å². The molecule has 1 N–H and O–H groups in total. The molecule has 0 radical (unpaired) electrons. The van der Waals surface area contributed by atoms with Crippen LogP contribution in [0.3, 0.4) is 0 Å². The number of halogens is 1. The van der Waals surface area contributed by atoms with Crippen molar-refractivity contribution >= 4 is 0 Å². The SMILES string of the molecule is Fc1cccc2c1CCC2NCC1CCC1. The van der Waals surface area contributed by atoms with Gasteiger partial charge in [0.2, 0.25) is 0 Å². The number of hydrogen-bond acceptors (Lipinski definition) is 1. The third kappa shape index (κ3) is 1.75. The maximum absolute atomic E-state index is 13.5. The van der Waals surface area contributed by atoms with Gasteiger partial charge in [-0.15, -0.1) is 0 Å². The van der Waals surface area contributed by atoms with Gasteiger partial charge >= 0.3 is 0 Å². The number of benzene rings is 1. The summed E-state index contributed by atoms with van der Waals surface area (Å²) in [6, 6.07) is 5.88. The fourth-order valence-corrected chi connectivity index (χ4v) is 2.83. The first-order valence-electron chi connectivity index (χ1n) is 6.35. The van der Waals surface area contributed by atoms with Crippen molar-refractivity contribution in [3.63, 3.8) is 0 Å². The number of nitrogens with one attached hydrogen (secondary N) is 1. The van der Waals surface area contributed by atoms with Crippen molar-refractivity contribution in [3.05, 3.63) is 35.1 Å². The van der Waals surface area contributed by atoms with Crippen molar-refractivity contribution in [2.75, 3.05) is 6.54 Å². The Balaban J connectivity index is 1.68. The maximum Gasteiger partial charge on any atom is 0.126 e. The van der Waals surface area contributed by atoms with E-state index in [9.17, 15) is 4.39 Å². The molecular formula is C14H18FN. The number of fused-ring (bicyclic) bond motifs is 1. The molecule has 1 atom stereocenters. The Kier molecular flexibility index (Phi) is 2.68. The van der Waals surface area contributed by atoms with E-state index in [1.54, 1.807) is 6.07 Å². The summed E-state index contributed by atoms with van der Waals surface area (Å²) in [4.78, 5) is 0. The molecule has 0 amide bonds. The van der Waals surface area contributed by atoms with Gasteiger partial charge in [0.05, 0.1) is 0 Å². The van der Waals surface area contributed by atoms with Gasteiger partial charge in [0.15, 0.2) is 0 Å². The molecule has 2 aliphatic carbocycles. The lowest BCUT2D eigenvalue weighted by Crippen LogP contribution is -2.29. The third-order valence-electron chi connectivity index (χ3n) is 4.09. The van der Waals surface area contributed by atoms with Crippen LogP contribution < -0.4 is 5.32 Å². The maximum atomic E-state index is 13.5. The predicted octanol–water partition coefficient (Wildman–Crippen LogP) is 3.20. The molecule has 0 saturated heterocycles. The first kappa shape index (κ1) is 10.3. The topological polar surface area (TPSA) is 12.0 Å². The van der Waals surface area contributed by atoms with Gasteiger partial charge in [0.1, 0.15) is 5.82 Å². The van der Waals surface area contributed by atoms with Crippen molar-refractivity contribution in [2.24, 2.45) is 5.92 Å². The average Bonchev–Trinajstić information content (AvgIpc) is 2.61. The van der Waals surface area contributed by atoms with Gasteiger partial charge in [-0.2, -0.15) is 0 Å². The Bertz CT molecular complexity index is 384. The van der Waals surface area contributed by atoms with Crippen molar-refractivity contribution in [1.29, 1.82) is 0 Å². The smallest absolute Gasteiger partial charge is 0.126 e. The van der Waals surface area contributed by atoms with Crippen LogP contribution in [0.5, 0.6) is 0 Å². The van der Waals surface area contributed by atoms with Crippen LogP contribution in [0.1, 0.15) is 42.9 Å². The normalized spacial score (nSPS) is 24.2. The van der Waals surface area contributed by atoms with Crippen LogP contribution in [0.25, 0.3) is 0 Å². The van der Waals surface area contributed by atoms with E-state index in [1.807, 2.05) is 6.07 Å². The number of hydrogen-bond donors (Lipinski definition) is 1. The molecule has 86 valence electrons. The van der Waals surface area contributed by atoms with E-state index in [-0.39, 0.29) is 5.82 Å². The van der Waals surface area contributed by atoms with Gasteiger partial charge in [0.25, 0.3) is 0 Å². The van der Waals surface area contributed by atoms with Gasteiger partial charge in [-0.25, -0.2) is 4.39 Å². The van der Waals surface area contributed by atoms with Crippen LogP contribution in [-0.2, 0) is 6.42 Å². The summed E-state index contributed by atoms with van der Waals surface area (Å²) in [5.41, 5.74) is 2.13. The highest BCUT2D eigenvalue weighted by Gasteiger charge is 2.26. The van der Waals surface area contributed by atoms with Crippen molar-refractivity contribution in [2.45, 2.75) is 38.1 Å². The molecule has 1 fully saturated rings. The summed E-state index contributed by atoms with van der Waals surface area (Å²) in [6.07, 6.45) is 6.08. The lowest BCUT2D eigenvalue weighted by molar-refractivity contribution is 0.289. The Morgan fingerprint density at radius 2 is 2.12 bits per heavy atom. The quantitative estimate of drug-likeness (QED) is 0.823. The fourth-order valence-electron chi connectivity index (χ4n) is 2.83. The third-order valence-corrected chi connectivity index (χ3v) is 4.09. The summed E-state index contributed by atoms with van der Waals surface area (Å²) >= 11 is 0. The Morgan fingerprint density at radius 1 is 1.25 bits per heavy atom. The molecule has 0 aliphatic heterocycles. The minimum atomic E-state index is -0.0227. The second kappa shape index (κ2) is 4.17. The highest BCUT2D eigenvalue weighted by Crippen LogP contribution is 2.33. The van der Waals surface area contributed by atoms with Crippen LogP contribution in [0.15, 0.2) is 18.2 Å². The Hall–Kier alpha value is -0.890. The van der Waals surface area contributed by atoms with Crippen LogP contribution in [0.4, 0.5) is 4.39 Å². The second-order valence-corrected chi connectivity index (χ2v) is 5.10. The van der Waals surface area contributed by atoms with Gasteiger partial charge in [-0.3, -0.25) is 0 Å². The molecule has 0 heterocycles. The van der Waals surface area contributed by atoms with Gasteiger partial charge in [0, 0.05) is 6.04 Å². The van der Waals surface area contributed by atoms with E-state index in [0.29, 0.717) is 6.04 Å². The van der Waals surface area contributed by atoms with Crippen LogP contribution in [0, 0.1) is 11.7 Å². The van der Waals surface area contributed by atoms with E-state index in [1.165, 1.54) is 24.8 Å². The van der Waals surface area contributed by atoms with E-state index in [0.717, 1.165) is 30.9 Å². The molecule has 1 saturated carbocycles. The van der Waals surface area contributed by atoms with Crippen LogP contribution in [0.2, 0.25) is 0 Å². The molecule has 0 spiro atoms. The summed E-state index contributed by atoms with van der Waals surface area (Å²) in [5, 5.41) is 3.60. The van der Waals surface area contributed by atoms with Gasteiger partial charge in [-0.05, 0) is 55.3 Å². The Labute approximate surface area is 96.1 Å². The second-order valence-electron chi connectivity index (χ2n) is 5.10. The molecule has 2 aliphatic rings. The first-order valence-corrected chi connectivity index (χ1v) is 6.35. The van der Waals surface area contributed by atoms with E-state index in [4.69, 9.17) is 0 Å². The highest BCUT2D eigenvalue weighted by atomic mass is 19.1. The standard InChI is InChI=1S/C14H18FN/c15-13-6-2-5-12-11(13)7-8-14(12)16-9-10-3-1-4-10/h2,5-6,10,14,16H,1,3-4,7-9H2. The highest BCUT2D eigenvalue weighted by molar-refractivity contribution is 5.35. The zero-order chi connectivity index (χ0) is 11.0. The van der Waals surface area contributed by atoms with Crippen LogP contribution >= 0.6 is 0 Å². The fraction of sp³-hybridized carbons (Fsp3) is 0.571. The molecule has 16 heavy (non-hydrogen) atoms. The monoisotopic (exact) mass is 219 g/mol. The summed E-state index contributed by atoms with van der Waals surface area (Å²) in [7, 11) is 0. The zero-order valence-electron chi connectivity index (χ0n) is 9.51. The number of rotatable bonds is 3. The van der Waals surface area contributed by atoms with E-state index >= 15 is 0 Å². The van der Waals surface area contributed by atoms with Crippen molar-refractivity contribution in [3.8, 4) is 0 Å². The lowest BCUT2D eigenvalue weighted by atomic mass is 9.85. The summed E-state index contributed by atoms with van der Waals surface area (Å²) in [6.45, 7) is 1.11. The van der Waals surface area contributed by atoms with E-state index < -0.39 is 0 Å². The van der Waals surface area contributed by atoms with Gasteiger partial charge < -0.3 is 5.32 Å². The van der Waals surface area contributed by atoms with Crippen molar-refractivity contribution < 1.29 is 4.39 Å². The van der Waals surface area contributed by atoms with E-state index in [2.05, 4.69) is 11.4 Å². The minimum absolute atomic E-state index is 0.0227. The molecule has 1 aromatic rings. The summed E-state index contributed by atoms with van der Waals surface area (Å²) in [5.74, 6) is 0.850. The molecule has 0 aromatic heterocycles. The zero-order valence-corrected chi connectivity index (χ0v) is 9.51. The largest absolute Gasteiger partial charge is 0.310 e. The molecule has 2 heteroatoms. The molecule has 1 nitrogen and oxygen atoms in total. The first-order chi connectivity index (χ1) is 7.84.